The van der Waals surface area contributed by atoms with Gasteiger partial charge in [0.15, 0.2) is 0 Å². The highest BCUT2D eigenvalue weighted by Crippen LogP contribution is 2.31. The normalized spacial score (nSPS) is 11.4. The predicted molar refractivity (Wildman–Crippen MR) is 111 cm³/mol. The van der Waals surface area contributed by atoms with Crippen LogP contribution in [0.1, 0.15) is 15.4 Å². The van der Waals surface area contributed by atoms with Gasteiger partial charge in [0, 0.05) is 11.1 Å². The van der Waals surface area contributed by atoms with Crippen LogP contribution in [0.4, 0.5) is 10.1 Å². The summed E-state index contributed by atoms with van der Waals surface area (Å²) >= 11 is 1.31. The molecule has 0 unspecified atom stereocenters. The fourth-order valence-corrected chi connectivity index (χ4v) is 4.30. The molecule has 0 aliphatic carbocycles. The molecule has 0 aliphatic heterocycles. The maximum atomic E-state index is 13.2. The molecule has 2 aromatic carbocycles. The average Bonchev–Trinajstić information content (AvgIpc) is 3.36. The number of imidazole rings is 1. The number of aromatic nitrogens is 4. The molecule has 0 fully saturated rings. The number of hydrogen-bond donors (Lipinski definition) is 3. The van der Waals surface area contributed by atoms with Crippen molar-refractivity contribution in [1.29, 1.82) is 0 Å². The molecule has 0 spiro atoms. The third-order valence-corrected chi connectivity index (χ3v) is 5.72. The zero-order valence-electron chi connectivity index (χ0n) is 15.1. The summed E-state index contributed by atoms with van der Waals surface area (Å²) in [5.41, 5.74) is 3.07. The second kappa shape index (κ2) is 6.42. The van der Waals surface area contributed by atoms with Crippen LogP contribution in [-0.2, 0) is 0 Å². The lowest BCUT2D eigenvalue weighted by Gasteiger charge is -2.04. The number of rotatable bonds is 3. The molecule has 5 aromatic rings. The zero-order valence-corrected chi connectivity index (χ0v) is 15.9. The van der Waals surface area contributed by atoms with Gasteiger partial charge in [-0.05, 0) is 55.5 Å². The first kappa shape index (κ1) is 17.4. The van der Waals surface area contributed by atoms with Crippen LogP contribution >= 0.6 is 11.3 Å². The van der Waals surface area contributed by atoms with Crippen LogP contribution in [0.5, 0.6) is 0 Å². The van der Waals surface area contributed by atoms with Crippen LogP contribution < -0.4 is 11.0 Å². The van der Waals surface area contributed by atoms with Crippen LogP contribution in [0, 0.1) is 12.7 Å². The first-order chi connectivity index (χ1) is 14.0. The molecular weight excluding hydrogens is 393 g/mol. The Kier molecular flexibility index (Phi) is 3.85. The van der Waals surface area contributed by atoms with Gasteiger partial charge in [-0.15, -0.1) is 11.3 Å². The first-order valence-corrected chi connectivity index (χ1v) is 9.58. The largest absolute Gasteiger partial charge is 0.323 e. The van der Waals surface area contributed by atoms with Crippen LogP contribution in [0.2, 0.25) is 0 Å². The van der Waals surface area contributed by atoms with E-state index in [2.05, 4.69) is 20.4 Å². The zero-order chi connectivity index (χ0) is 20.1. The number of halogens is 1. The van der Waals surface area contributed by atoms with E-state index in [1.54, 1.807) is 41.1 Å². The molecule has 0 radical (unpaired) electrons. The quantitative estimate of drug-likeness (QED) is 0.422. The van der Waals surface area contributed by atoms with Gasteiger partial charge < -0.3 is 15.3 Å². The van der Waals surface area contributed by atoms with Gasteiger partial charge in [-0.1, -0.05) is 0 Å². The molecule has 0 aliphatic rings. The number of aromatic amines is 2. The SMILES string of the molecule is Cc1nn(-c2ccc(F)cc2)c2sc(C(=O)Nc3ccc4[nH]c(=O)[nH]c4c3)cc12. The topological polar surface area (TPSA) is 95.6 Å². The number of carbonyl (C=O) groups is 1. The van der Waals surface area contributed by atoms with Crippen molar-refractivity contribution in [2.24, 2.45) is 0 Å². The number of thiophene rings is 1. The highest BCUT2D eigenvalue weighted by atomic mass is 32.1. The Morgan fingerprint density at radius 1 is 1.10 bits per heavy atom. The van der Waals surface area contributed by atoms with E-state index in [1.165, 1.54) is 23.5 Å². The number of benzene rings is 2. The number of nitrogens with zero attached hydrogens (tertiary/aromatic N) is 2. The number of anilines is 1. The highest BCUT2D eigenvalue weighted by Gasteiger charge is 2.17. The maximum absolute atomic E-state index is 13.2. The number of hydrogen-bond acceptors (Lipinski definition) is 4. The molecule has 144 valence electrons. The average molecular weight is 407 g/mol. The van der Waals surface area contributed by atoms with Crippen molar-refractivity contribution in [3.05, 3.63) is 75.4 Å². The first-order valence-electron chi connectivity index (χ1n) is 8.76. The van der Waals surface area contributed by atoms with Crippen molar-refractivity contribution in [2.75, 3.05) is 5.32 Å². The Bertz CT molecular complexity index is 1440. The van der Waals surface area contributed by atoms with Gasteiger partial charge in [-0.3, -0.25) is 4.79 Å². The highest BCUT2D eigenvalue weighted by molar-refractivity contribution is 7.20. The Hall–Kier alpha value is -3.72. The molecule has 3 aromatic heterocycles. The Morgan fingerprint density at radius 2 is 1.86 bits per heavy atom. The summed E-state index contributed by atoms with van der Waals surface area (Å²) in [7, 11) is 0. The molecule has 7 nitrogen and oxygen atoms in total. The van der Waals surface area contributed by atoms with E-state index < -0.39 is 0 Å². The fraction of sp³-hybridized carbons (Fsp3) is 0.0500. The van der Waals surface area contributed by atoms with E-state index in [9.17, 15) is 14.0 Å². The lowest BCUT2D eigenvalue weighted by molar-refractivity contribution is 0.103. The number of H-pyrrole nitrogens is 2. The number of nitrogens with one attached hydrogen (secondary N) is 3. The number of fused-ring (bicyclic) bond motifs is 2. The molecular formula is C20H14FN5O2S. The Balaban J connectivity index is 1.49. The number of amides is 1. The van der Waals surface area contributed by atoms with Gasteiger partial charge in [0.25, 0.3) is 5.91 Å². The second-order valence-corrected chi connectivity index (χ2v) is 7.63. The van der Waals surface area contributed by atoms with Crippen LogP contribution in [0.25, 0.3) is 26.9 Å². The van der Waals surface area contributed by atoms with Crippen molar-refractivity contribution in [3.63, 3.8) is 0 Å². The van der Waals surface area contributed by atoms with Crippen molar-refractivity contribution in [2.45, 2.75) is 6.92 Å². The van der Waals surface area contributed by atoms with Gasteiger partial charge in [-0.2, -0.15) is 5.10 Å². The molecule has 0 saturated heterocycles. The Morgan fingerprint density at radius 3 is 2.66 bits per heavy atom. The molecule has 5 rings (SSSR count). The summed E-state index contributed by atoms with van der Waals surface area (Å²) in [6.45, 7) is 1.87. The van der Waals surface area contributed by atoms with Crippen molar-refractivity contribution >= 4 is 44.2 Å². The second-order valence-electron chi connectivity index (χ2n) is 6.60. The molecule has 29 heavy (non-hydrogen) atoms. The minimum atomic E-state index is -0.319. The van der Waals surface area contributed by atoms with Crippen molar-refractivity contribution < 1.29 is 9.18 Å². The summed E-state index contributed by atoms with van der Waals surface area (Å²) in [6, 6.07) is 13.0. The van der Waals surface area contributed by atoms with Gasteiger partial charge in [0.2, 0.25) is 0 Å². The smallest absolute Gasteiger partial charge is 0.321 e. The summed E-state index contributed by atoms with van der Waals surface area (Å²) in [6.07, 6.45) is 0. The van der Waals surface area contributed by atoms with Crippen LogP contribution in [0.15, 0.2) is 53.3 Å². The molecule has 0 atom stereocenters. The van der Waals surface area contributed by atoms with Crippen molar-refractivity contribution in [3.8, 4) is 5.69 Å². The summed E-state index contributed by atoms with van der Waals surface area (Å²) in [5.74, 6) is -0.575. The summed E-state index contributed by atoms with van der Waals surface area (Å²) in [5, 5.41) is 8.23. The van der Waals surface area contributed by atoms with Gasteiger partial charge >= 0.3 is 5.69 Å². The molecule has 3 N–H and O–H groups in total. The predicted octanol–water partition coefficient (Wildman–Crippen LogP) is 3.96. The van der Waals surface area contributed by atoms with Gasteiger partial charge in [0.05, 0.1) is 27.3 Å². The van der Waals surface area contributed by atoms with E-state index in [0.29, 0.717) is 21.6 Å². The molecule has 0 saturated carbocycles. The molecule has 3 heterocycles. The fourth-order valence-electron chi connectivity index (χ4n) is 3.22. The lowest BCUT2D eigenvalue weighted by Crippen LogP contribution is -2.10. The molecule has 0 bridgehead atoms. The molecule has 1 amide bonds. The summed E-state index contributed by atoms with van der Waals surface area (Å²) in [4.78, 5) is 30.8. The van der Waals surface area contributed by atoms with E-state index in [0.717, 1.165) is 21.6 Å². The number of carbonyl (C=O) groups excluding carboxylic acids is 1. The Labute approximate surface area is 166 Å². The van der Waals surface area contributed by atoms with Crippen LogP contribution in [0.3, 0.4) is 0 Å². The third kappa shape index (κ3) is 3.01. The van der Waals surface area contributed by atoms with E-state index in [1.807, 2.05) is 6.92 Å². The van der Waals surface area contributed by atoms with E-state index >= 15 is 0 Å². The third-order valence-electron chi connectivity index (χ3n) is 4.61. The van der Waals surface area contributed by atoms with E-state index in [-0.39, 0.29) is 17.4 Å². The van der Waals surface area contributed by atoms with Crippen LogP contribution in [-0.4, -0.2) is 25.7 Å². The van der Waals surface area contributed by atoms with Crippen molar-refractivity contribution in [1.82, 2.24) is 19.7 Å². The standard InChI is InChI=1S/C20H14FN5O2S/c1-10-14-9-17(29-19(14)26(25-10)13-5-2-11(21)3-6-13)18(27)22-12-4-7-15-16(8-12)24-20(28)23-15/h2-9H,1H3,(H,22,27)(H2,23,24,28). The monoisotopic (exact) mass is 407 g/mol. The number of aryl methyl sites for hydroxylation is 1. The van der Waals surface area contributed by atoms with Gasteiger partial charge in [-0.25, -0.2) is 13.9 Å². The summed E-state index contributed by atoms with van der Waals surface area (Å²) < 4.78 is 14.9. The lowest BCUT2D eigenvalue weighted by atomic mass is 10.2. The maximum Gasteiger partial charge on any atom is 0.323 e. The van der Waals surface area contributed by atoms with E-state index in [4.69, 9.17) is 0 Å². The minimum absolute atomic E-state index is 0.256. The molecule has 9 heteroatoms. The van der Waals surface area contributed by atoms with Gasteiger partial charge in [0.1, 0.15) is 10.6 Å². The minimum Gasteiger partial charge on any atom is -0.321 e.